The van der Waals surface area contributed by atoms with Gasteiger partial charge in [0, 0.05) is 18.4 Å². The monoisotopic (exact) mass is 486 g/mol. The molecule has 0 radical (unpaired) electrons. The number of para-hydroxylation sites is 1. The van der Waals surface area contributed by atoms with Gasteiger partial charge in [0.2, 0.25) is 5.91 Å². The van der Waals surface area contributed by atoms with E-state index in [1.54, 1.807) is 16.8 Å². The number of hydrogen-bond acceptors (Lipinski definition) is 7. The molecule has 10 heteroatoms. The Morgan fingerprint density at radius 3 is 2.76 bits per heavy atom. The Hall–Kier alpha value is -2.62. The molecule has 0 unspecified atom stereocenters. The van der Waals surface area contributed by atoms with E-state index >= 15 is 0 Å². The number of rotatable bonds is 8. The molecule has 4 heterocycles. The molecule has 1 aliphatic heterocycles. The molecule has 0 bridgehead atoms. The van der Waals surface area contributed by atoms with Gasteiger partial charge in [-0.25, -0.2) is 9.97 Å². The van der Waals surface area contributed by atoms with Gasteiger partial charge in [0.1, 0.15) is 5.76 Å². The van der Waals surface area contributed by atoms with Gasteiger partial charge in [0.25, 0.3) is 0 Å². The largest absolute Gasteiger partial charge is 0.467 e. The predicted octanol–water partition coefficient (Wildman–Crippen LogP) is 3.73. The van der Waals surface area contributed by atoms with Crippen molar-refractivity contribution in [3.63, 3.8) is 0 Å². The minimum absolute atomic E-state index is 0. The molecule has 4 aromatic rings. The first-order chi connectivity index (χ1) is 15.8. The fourth-order valence-electron chi connectivity index (χ4n) is 3.99. The maximum absolute atomic E-state index is 12.3. The number of thioether (sulfide) groups is 1. The Balaban J connectivity index is 0.00000259. The molecule has 5 rings (SSSR count). The number of furan rings is 1. The normalized spacial score (nSPS) is 14.4. The smallest absolute Gasteiger partial charge is 0.230 e. The van der Waals surface area contributed by atoms with Crippen LogP contribution in [-0.4, -0.2) is 55.8 Å². The van der Waals surface area contributed by atoms with Crippen LogP contribution in [0.25, 0.3) is 16.6 Å². The molecule has 8 nitrogen and oxygen atoms in total. The van der Waals surface area contributed by atoms with Crippen LogP contribution in [0, 0.1) is 0 Å². The summed E-state index contributed by atoms with van der Waals surface area (Å²) in [5, 5.41) is 9.27. The first-order valence-electron chi connectivity index (χ1n) is 11.0. The van der Waals surface area contributed by atoms with Crippen LogP contribution in [0.2, 0.25) is 0 Å². The lowest BCUT2D eigenvalue weighted by Crippen LogP contribution is -2.31. The van der Waals surface area contributed by atoms with E-state index in [-0.39, 0.29) is 24.1 Å². The minimum atomic E-state index is -0.0834. The standard InChI is InChI=1S/C23H26N6O2S.ClH/c30-21(24-15-17-7-6-14-31-17)16-32-23-25-19-9-3-2-8-18(19)22-26-20(27-29(22)23)10-13-28-11-4-1-5-12-28;/h2-3,6-9,14H,1,4-5,10-13,15-16H2,(H,24,30);1H. The van der Waals surface area contributed by atoms with Crippen molar-refractivity contribution < 1.29 is 9.21 Å². The van der Waals surface area contributed by atoms with Crippen LogP contribution in [0.1, 0.15) is 30.8 Å². The number of aromatic nitrogens is 4. The second-order valence-corrected chi connectivity index (χ2v) is 8.91. The molecule has 1 aromatic carbocycles. The summed E-state index contributed by atoms with van der Waals surface area (Å²) >= 11 is 1.37. The van der Waals surface area contributed by atoms with E-state index in [0.717, 1.165) is 54.2 Å². The summed E-state index contributed by atoms with van der Waals surface area (Å²) in [6, 6.07) is 11.6. The summed E-state index contributed by atoms with van der Waals surface area (Å²) in [5.41, 5.74) is 1.65. The average Bonchev–Trinajstić information content (AvgIpc) is 3.51. The highest BCUT2D eigenvalue weighted by Crippen LogP contribution is 2.24. The number of amides is 1. The van der Waals surface area contributed by atoms with Crippen molar-refractivity contribution in [2.45, 2.75) is 37.4 Å². The highest BCUT2D eigenvalue weighted by Gasteiger charge is 2.16. The van der Waals surface area contributed by atoms with Crippen molar-refractivity contribution in [1.29, 1.82) is 0 Å². The lowest BCUT2D eigenvalue weighted by atomic mass is 10.1. The molecule has 3 aromatic heterocycles. The zero-order valence-electron chi connectivity index (χ0n) is 18.3. The van der Waals surface area contributed by atoms with E-state index < -0.39 is 0 Å². The topological polar surface area (TPSA) is 88.6 Å². The molecule has 1 N–H and O–H groups in total. The van der Waals surface area contributed by atoms with Crippen LogP contribution in [0.15, 0.2) is 52.2 Å². The maximum Gasteiger partial charge on any atom is 0.230 e. The molecule has 0 aliphatic carbocycles. The quantitative estimate of drug-likeness (QED) is 0.300. The molecular weight excluding hydrogens is 460 g/mol. The van der Waals surface area contributed by atoms with Gasteiger partial charge in [-0.1, -0.05) is 30.3 Å². The second kappa shape index (κ2) is 11.0. The summed E-state index contributed by atoms with van der Waals surface area (Å²) in [4.78, 5) is 24.4. The van der Waals surface area contributed by atoms with Crippen LogP contribution in [0.5, 0.6) is 0 Å². The van der Waals surface area contributed by atoms with Crippen LogP contribution in [0.4, 0.5) is 0 Å². The van der Waals surface area contributed by atoms with E-state index in [2.05, 4.69) is 10.2 Å². The molecule has 1 saturated heterocycles. The Kier molecular flexibility index (Phi) is 7.85. The maximum atomic E-state index is 12.3. The highest BCUT2D eigenvalue weighted by atomic mass is 35.5. The third-order valence-electron chi connectivity index (χ3n) is 5.67. The van der Waals surface area contributed by atoms with Gasteiger partial charge in [0.15, 0.2) is 16.6 Å². The third-order valence-corrected chi connectivity index (χ3v) is 6.59. The van der Waals surface area contributed by atoms with E-state index in [1.807, 2.05) is 30.3 Å². The summed E-state index contributed by atoms with van der Waals surface area (Å²) in [7, 11) is 0. The molecular formula is C23H27ClN6O2S. The number of hydrogen-bond donors (Lipinski definition) is 1. The van der Waals surface area contributed by atoms with Gasteiger partial charge in [-0.2, -0.15) is 4.52 Å². The van der Waals surface area contributed by atoms with Gasteiger partial charge in [-0.05, 0) is 50.2 Å². The van der Waals surface area contributed by atoms with E-state index in [0.29, 0.717) is 11.7 Å². The van der Waals surface area contributed by atoms with Gasteiger partial charge in [0.05, 0.1) is 24.1 Å². The van der Waals surface area contributed by atoms with Crippen molar-refractivity contribution in [2.24, 2.45) is 0 Å². The number of carbonyl (C=O) groups is 1. The van der Waals surface area contributed by atoms with Crippen molar-refractivity contribution in [3.05, 3.63) is 54.2 Å². The van der Waals surface area contributed by atoms with Gasteiger partial charge < -0.3 is 14.6 Å². The molecule has 0 spiro atoms. The predicted molar refractivity (Wildman–Crippen MR) is 131 cm³/mol. The van der Waals surface area contributed by atoms with Crippen LogP contribution >= 0.6 is 24.2 Å². The number of piperidine rings is 1. The second-order valence-electron chi connectivity index (χ2n) is 7.97. The van der Waals surface area contributed by atoms with Crippen LogP contribution in [0.3, 0.4) is 0 Å². The van der Waals surface area contributed by atoms with Gasteiger partial charge in [-0.15, -0.1) is 17.5 Å². The van der Waals surface area contributed by atoms with Crippen molar-refractivity contribution >= 4 is 46.6 Å². The van der Waals surface area contributed by atoms with Gasteiger partial charge in [-0.3, -0.25) is 4.79 Å². The molecule has 0 saturated carbocycles. The lowest BCUT2D eigenvalue weighted by Gasteiger charge is -2.25. The van der Waals surface area contributed by atoms with Crippen LogP contribution in [-0.2, 0) is 17.8 Å². The number of likely N-dealkylation sites (tertiary alicyclic amines) is 1. The summed E-state index contributed by atoms with van der Waals surface area (Å²) in [6.45, 7) is 3.66. The van der Waals surface area contributed by atoms with Crippen molar-refractivity contribution in [3.8, 4) is 0 Å². The highest BCUT2D eigenvalue weighted by molar-refractivity contribution is 7.99. The number of halogens is 1. The Bertz CT molecular complexity index is 1210. The van der Waals surface area contributed by atoms with E-state index in [9.17, 15) is 4.79 Å². The molecule has 33 heavy (non-hydrogen) atoms. The lowest BCUT2D eigenvalue weighted by molar-refractivity contribution is -0.118. The molecule has 174 valence electrons. The SMILES string of the molecule is Cl.O=C(CSc1nc2ccccc2c2nc(CCN3CCCCC3)nn12)NCc1ccco1. The molecule has 0 atom stereocenters. The minimum Gasteiger partial charge on any atom is -0.467 e. The number of carbonyl (C=O) groups excluding carboxylic acids is 1. The summed E-state index contributed by atoms with van der Waals surface area (Å²) < 4.78 is 7.05. The van der Waals surface area contributed by atoms with Crippen LogP contribution < -0.4 is 5.32 Å². The number of benzene rings is 1. The first-order valence-corrected chi connectivity index (χ1v) is 12.0. The first kappa shape index (κ1) is 23.5. The molecule has 1 aliphatic rings. The zero-order valence-corrected chi connectivity index (χ0v) is 19.9. The molecule has 1 amide bonds. The van der Waals surface area contributed by atoms with Crippen molar-refractivity contribution in [1.82, 2.24) is 29.8 Å². The van der Waals surface area contributed by atoms with E-state index in [1.165, 1.54) is 31.0 Å². The number of nitrogens with zero attached hydrogens (tertiary/aromatic N) is 5. The van der Waals surface area contributed by atoms with E-state index in [4.69, 9.17) is 19.5 Å². The molecule has 1 fully saturated rings. The fourth-order valence-corrected chi connectivity index (χ4v) is 4.77. The average molecular weight is 487 g/mol. The Labute approximate surface area is 202 Å². The summed E-state index contributed by atoms with van der Waals surface area (Å²) in [5.74, 6) is 1.70. The van der Waals surface area contributed by atoms with Gasteiger partial charge >= 0.3 is 0 Å². The summed E-state index contributed by atoms with van der Waals surface area (Å²) in [6.07, 6.45) is 6.28. The third kappa shape index (κ3) is 5.66. The van der Waals surface area contributed by atoms with Crippen molar-refractivity contribution in [2.75, 3.05) is 25.4 Å². The Morgan fingerprint density at radius 2 is 1.94 bits per heavy atom. The zero-order chi connectivity index (χ0) is 21.8. The Morgan fingerprint density at radius 1 is 1.09 bits per heavy atom. The fraction of sp³-hybridized carbons (Fsp3) is 0.391. The number of nitrogens with one attached hydrogen (secondary N) is 1. The number of fused-ring (bicyclic) bond motifs is 3.